The first-order valence-corrected chi connectivity index (χ1v) is 11.7. The molecule has 0 unspecified atom stereocenters. The average molecular weight is 467 g/mol. The van der Waals surface area contributed by atoms with E-state index in [0.29, 0.717) is 34.7 Å². The molecular formula is C27H31FN2O4. The molecule has 0 saturated carbocycles. The van der Waals surface area contributed by atoms with E-state index in [9.17, 15) is 14.0 Å². The maximum atomic E-state index is 14.9. The van der Waals surface area contributed by atoms with E-state index in [1.165, 1.54) is 43.6 Å². The summed E-state index contributed by atoms with van der Waals surface area (Å²) in [4.78, 5) is 28.4. The van der Waals surface area contributed by atoms with Gasteiger partial charge in [-0.15, -0.1) is 0 Å². The number of hydrogen-bond acceptors (Lipinski definition) is 4. The number of hydrogen-bond donors (Lipinski definition) is 1. The first-order chi connectivity index (χ1) is 16.5. The van der Waals surface area contributed by atoms with Gasteiger partial charge in [0.15, 0.2) is 11.5 Å². The van der Waals surface area contributed by atoms with E-state index in [1.54, 1.807) is 37.4 Å². The second-order valence-electron chi connectivity index (χ2n) is 8.80. The number of ether oxygens (including phenoxy) is 2. The number of rotatable bonds is 7. The molecule has 0 spiro atoms. The topological polar surface area (TPSA) is 67.9 Å². The van der Waals surface area contributed by atoms with Gasteiger partial charge in [-0.25, -0.2) is 4.39 Å². The largest absolute Gasteiger partial charge is 0.493 e. The molecule has 34 heavy (non-hydrogen) atoms. The number of amides is 2. The zero-order valence-corrected chi connectivity index (χ0v) is 19.9. The van der Waals surface area contributed by atoms with Crippen LogP contribution in [0.1, 0.15) is 65.5 Å². The zero-order valence-electron chi connectivity index (χ0n) is 19.9. The van der Waals surface area contributed by atoms with Crippen LogP contribution in [0.15, 0.2) is 48.0 Å². The van der Waals surface area contributed by atoms with E-state index < -0.39 is 17.8 Å². The van der Waals surface area contributed by atoms with E-state index in [4.69, 9.17) is 9.47 Å². The molecule has 2 atom stereocenters. The third-order valence-electron chi connectivity index (χ3n) is 6.81. The molecule has 1 N–H and O–H groups in total. The molecule has 6 nitrogen and oxygen atoms in total. The number of nitrogens with zero attached hydrogens (tertiary/aromatic N) is 1. The third-order valence-corrected chi connectivity index (χ3v) is 6.81. The number of halogens is 1. The summed E-state index contributed by atoms with van der Waals surface area (Å²) in [5.74, 6) is -1.01. The van der Waals surface area contributed by atoms with Crippen LogP contribution in [0.3, 0.4) is 0 Å². The van der Waals surface area contributed by atoms with Gasteiger partial charge in [0.2, 0.25) is 5.91 Å². The highest BCUT2D eigenvalue weighted by Crippen LogP contribution is 2.46. The van der Waals surface area contributed by atoms with Gasteiger partial charge in [-0.05, 0) is 55.9 Å². The van der Waals surface area contributed by atoms with Gasteiger partial charge in [-0.1, -0.05) is 29.8 Å². The van der Waals surface area contributed by atoms with Crippen LogP contribution in [0, 0.1) is 5.82 Å². The normalized spacial score (nSPS) is 19.8. The minimum absolute atomic E-state index is 0.252. The first kappa shape index (κ1) is 23.8. The summed E-state index contributed by atoms with van der Waals surface area (Å²) >= 11 is 0. The number of benzene rings is 2. The lowest BCUT2D eigenvalue weighted by molar-refractivity contribution is -0.124. The molecule has 0 radical (unpaired) electrons. The van der Waals surface area contributed by atoms with Crippen LogP contribution in [0.4, 0.5) is 4.39 Å². The number of nitrogens with one attached hydrogen (secondary N) is 1. The quantitative estimate of drug-likeness (QED) is 0.598. The van der Waals surface area contributed by atoms with Crippen LogP contribution < -0.4 is 14.8 Å². The van der Waals surface area contributed by atoms with E-state index in [2.05, 4.69) is 11.4 Å². The van der Waals surface area contributed by atoms with E-state index in [-0.39, 0.29) is 11.8 Å². The van der Waals surface area contributed by atoms with Crippen molar-refractivity contribution in [3.8, 4) is 11.5 Å². The Labute approximate surface area is 199 Å². The lowest BCUT2D eigenvalue weighted by atomic mass is 9.79. The minimum atomic E-state index is -0.810. The highest BCUT2D eigenvalue weighted by Gasteiger charge is 2.44. The van der Waals surface area contributed by atoms with Crippen molar-refractivity contribution in [1.82, 2.24) is 10.2 Å². The Kier molecular flexibility index (Phi) is 7.20. The molecule has 2 aromatic rings. The number of methoxy groups -OCH3 is 2. The lowest BCUT2D eigenvalue weighted by Crippen LogP contribution is -2.46. The Hall–Kier alpha value is -3.35. The Balaban J connectivity index is 1.74. The standard InChI is InChI=1S/C27H31FN2O4/c1-30-25(18-11-7-8-12-21(18)28)24(26(31)29-14-13-17-9-5-4-6-10-17)19-15-22(33-2)23(34-3)16-20(19)27(30)32/h7-9,11-12,15-16,24-25H,4-6,10,13-14H2,1-3H3,(H,29,31)/t24-,25+/m1/s1. The summed E-state index contributed by atoms with van der Waals surface area (Å²) in [7, 11) is 4.60. The van der Waals surface area contributed by atoms with Crippen molar-refractivity contribution in [2.24, 2.45) is 0 Å². The number of likely N-dealkylation sites (N-methyl/N-ethyl adjacent to an activating group) is 1. The van der Waals surface area contributed by atoms with Gasteiger partial charge >= 0.3 is 0 Å². The van der Waals surface area contributed by atoms with E-state index in [0.717, 1.165) is 19.3 Å². The van der Waals surface area contributed by atoms with Crippen LogP contribution >= 0.6 is 0 Å². The van der Waals surface area contributed by atoms with Gasteiger partial charge in [-0.3, -0.25) is 9.59 Å². The second-order valence-corrected chi connectivity index (χ2v) is 8.80. The van der Waals surface area contributed by atoms with Gasteiger partial charge in [0.05, 0.1) is 26.2 Å². The van der Waals surface area contributed by atoms with Crippen LogP contribution in [0.5, 0.6) is 11.5 Å². The summed E-state index contributed by atoms with van der Waals surface area (Å²) in [6.45, 7) is 0.492. The summed E-state index contributed by atoms with van der Waals surface area (Å²) in [6.07, 6.45) is 7.59. The molecule has 0 fully saturated rings. The van der Waals surface area contributed by atoms with Crippen molar-refractivity contribution in [1.29, 1.82) is 0 Å². The molecule has 7 heteroatoms. The molecule has 0 bridgehead atoms. The molecule has 2 aliphatic rings. The second kappa shape index (κ2) is 10.3. The summed E-state index contributed by atoms with van der Waals surface area (Å²) in [6, 6.07) is 8.75. The fourth-order valence-electron chi connectivity index (χ4n) is 5.02. The number of carbonyl (C=O) groups excluding carboxylic acids is 2. The molecule has 1 aliphatic carbocycles. The number of fused-ring (bicyclic) bond motifs is 1. The third kappa shape index (κ3) is 4.52. The highest BCUT2D eigenvalue weighted by atomic mass is 19.1. The minimum Gasteiger partial charge on any atom is -0.493 e. The highest BCUT2D eigenvalue weighted by molar-refractivity contribution is 6.02. The predicted molar refractivity (Wildman–Crippen MR) is 128 cm³/mol. The van der Waals surface area contributed by atoms with Crippen molar-refractivity contribution in [3.05, 3.63) is 70.6 Å². The van der Waals surface area contributed by atoms with Crippen molar-refractivity contribution < 1.29 is 23.5 Å². The Morgan fingerprint density at radius 3 is 2.53 bits per heavy atom. The number of carbonyl (C=O) groups is 2. The maximum Gasteiger partial charge on any atom is 0.254 e. The maximum absolute atomic E-state index is 14.9. The monoisotopic (exact) mass is 466 g/mol. The van der Waals surface area contributed by atoms with Gasteiger partial charge in [0, 0.05) is 24.7 Å². The van der Waals surface area contributed by atoms with Crippen LogP contribution in [0.2, 0.25) is 0 Å². The van der Waals surface area contributed by atoms with Gasteiger partial charge < -0.3 is 19.7 Å². The molecule has 1 aliphatic heterocycles. The van der Waals surface area contributed by atoms with Crippen LogP contribution in [-0.4, -0.2) is 44.5 Å². The van der Waals surface area contributed by atoms with Crippen molar-refractivity contribution >= 4 is 11.8 Å². The summed E-state index contributed by atoms with van der Waals surface area (Å²) in [5.41, 5.74) is 2.51. The van der Waals surface area contributed by atoms with Gasteiger partial charge in [0.1, 0.15) is 5.82 Å². The summed E-state index contributed by atoms with van der Waals surface area (Å²) in [5, 5.41) is 3.05. The molecule has 4 rings (SSSR count). The van der Waals surface area contributed by atoms with Crippen molar-refractivity contribution in [3.63, 3.8) is 0 Å². The van der Waals surface area contributed by atoms with Crippen LogP contribution in [-0.2, 0) is 4.79 Å². The Morgan fingerprint density at radius 2 is 1.85 bits per heavy atom. The van der Waals surface area contributed by atoms with Crippen LogP contribution in [0.25, 0.3) is 0 Å². The van der Waals surface area contributed by atoms with Crippen molar-refractivity contribution in [2.45, 2.75) is 44.1 Å². The lowest BCUT2D eigenvalue weighted by Gasteiger charge is -2.40. The molecule has 180 valence electrons. The molecule has 2 aromatic carbocycles. The zero-order chi connectivity index (χ0) is 24.2. The Morgan fingerprint density at radius 1 is 1.12 bits per heavy atom. The first-order valence-electron chi connectivity index (χ1n) is 11.7. The molecule has 0 saturated heterocycles. The average Bonchev–Trinajstić information content (AvgIpc) is 2.86. The molecule has 2 amide bonds. The SMILES string of the molecule is COc1cc2c(cc1OC)[C@@H](C(=O)NCCC1=CCCCC1)[C@H](c1ccccc1F)N(C)C2=O. The molecule has 1 heterocycles. The van der Waals surface area contributed by atoms with Crippen molar-refractivity contribution in [2.75, 3.05) is 27.8 Å². The van der Waals surface area contributed by atoms with E-state index in [1.807, 2.05) is 0 Å². The molecule has 0 aromatic heterocycles. The fourth-order valence-corrected chi connectivity index (χ4v) is 5.02. The van der Waals surface area contributed by atoms with Gasteiger partial charge in [-0.2, -0.15) is 0 Å². The van der Waals surface area contributed by atoms with E-state index >= 15 is 0 Å². The summed E-state index contributed by atoms with van der Waals surface area (Å²) < 4.78 is 25.8. The van der Waals surface area contributed by atoms with Gasteiger partial charge in [0.25, 0.3) is 5.91 Å². The number of allylic oxidation sites excluding steroid dienone is 1. The fraction of sp³-hybridized carbons (Fsp3) is 0.407. The molecular weight excluding hydrogens is 435 g/mol. The predicted octanol–water partition coefficient (Wildman–Crippen LogP) is 4.76. The smallest absolute Gasteiger partial charge is 0.254 e. The Bertz CT molecular complexity index is 1110.